The largest absolute Gasteiger partial charge is 0.460 e. The highest BCUT2D eigenvalue weighted by Gasteiger charge is 2.29. The molecule has 0 saturated carbocycles. The predicted octanol–water partition coefficient (Wildman–Crippen LogP) is 3.14. The van der Waals surface area contributed by atoms with Gasteiger partial charge in [-0.3, -0.25) is 4.79 Å². The van der Waals surface area contributed by atoms with Crippen LogP contribution in [-0.2, 0) is 19.0 Å². The van der Waals surface area contributed by atoms with Crippen molar-refractivity contribution >= 4 is 5.97 Å². The van der Waals surface area contributed by atoms with E-state index >= 15 is 0 Å². The Morgan fingerprint density at radius 2 is 1.77 bits per heavy atom. The van der Waals surface area contributed by atoms with Gasteiger partial charge < -0.3 is 19.3 Å². The van der Waals surface area contributed by atoms with Crippen LogP contribution in [-0.4, -0.2) is 43.8 Å². The van der Waals surface area contributed by atoms with Gasteiger partial charge >= 0.3 is 5.97 Å². The zero-order chi connectivity index (χ0) is 17.4. The van der Waals surface area contributed by atoms with Crippen molar-refractivity contribution in [3.63, 3.8) is 0 Å². The number of ether oxygens (including phenoxy) is 3. The van der Waals surface area contributed by atoms with Gasteiger partial charge in [-0.15, -0.1) is 0 Å². The van der Waals surface area contributed by atoms with E-state index < -0.39 is 6.29 Å². The van der Waals surface area contributed by atoms with Gasteiger partial charge in [-0.2, -0.15) is 0 Å². The van der Waals surface area contributed by atoms with E-state index in [1.807, 2.05) is 6.92 Å². The number of carbonyl (C=O) groups is 1. The van der Waals surface area contributed by atoms with Crippen LogP contribution in [0.2, 0.25) is 0 Å². The van der Waals surface area contributed by atoms with Gasteiger partial charge in [-0.1, -0.05) is 41.5 Å². The maximum Gasteiger partial charge on any atom is 0.306 e. The molecule has 2 atom stereocenters. The summed E-state index contributed by atoms with van der Waals surface area (Å²) in [7, 11) is 1.49. The molecule has 0 saturated heterocycles. The third kappa shape index (κ3) is 10.1. The van der Waals surface area contributed by atoms with E-state index in [4.69, 9.17) is 19.3 Å². The van der Waals surface area contributed by atoms with E-state index in [-0.39, 0.29) is 36.1 Å². The monoisotopic (exact) mass is 318 g/mol. The second-order valence-electron chi connectivity index (χ2n) is 7.78. The smallest absolute Gasteiger partial charge is 0.306 e. The van der Waals surface area contributed by atoms with Crippen LogP contribution in [0.1, 0.15) is 60.8 Å². The van der Waals surface area contributed by atoms with Crippen molar-refractivity contribution in [1.29, 1.82) is 0 Å². The Balaban J connectivity index is 4.30. The summed E-state index contributed by atoms with van der Waals surface area (Å²) in [4.78, 5) is 12.0. The zero-order valence-electron chi connectivity index (χ0n) is 15.3. The highest BCUT2D eigenvalue weighted by Crippen LogP contribution is 2.35. The van der Waals surface area contributed by atoms with Crippen LogP contribution in [0.3, 0.4) is 0 Å². The van der Waals surface area contributed by atoms with Crippen LogP contribution in [0.25, 0.3) is 0 Å². The summed E-state index contributed by atoms with van der Waals surface area (Å²) in [6, 6.07) is 0. The van der Waals surface area contributed by atoms with Crippen molar-refractivity contribution < 1.29 is 24.1 Å². The molecule has 5 nitrogen and oxygen atoms in total. The average molecular weight is 318 g/mol. The first kappa shape index (κ1) is 21.4. The van der Waals surface area contributed by atoms with Crippen LogP contribution in [0, 0.1) is 10.8 Å². The summed E-state index contributed by atoms with van der Waals surface area (Å²) in [6.45, 7) is 12.5. The quantitative estimate of drug-likeness (QED) is 0.495. The molecule has 0 heterocycles. The fourth-order valence-corrected chi connectivity index (χ4v) is 2.75. The van der Waals surface area contributed by atoms with Crippen molar-refractivity contribution in [2.75, 3.05) is 20.3 Å². The van der Waals surface area contributed by atoms with Crippen LogP contribution in [0.4, 0.5) is 0 Å². The molecule has 0 fully saturated rings. The molecular weight excluding hydrogens is 284 g/mol. The van der Waals surface area contributed by atoms with Gasteiger partial charge in [-0.25, -0.2) is 0 Å². The van der Waals surface area contributed by atoms with Crippen LogP contribution in [0.15, 0.2) is 0 Å². The van der Waals surface area contributed by atoms with Gasteiger partial charge in [0.15, 0.2) is 6.29 Å². The topological polar surface area (TPSA) is 65.0 Å². The summed E-state index contributed by atoms with van der Waals surface area (Å²) in [5.74, 6) is -0.253. The molecule has 1 N–H and O–H groups in total. The molecule has 0 aliphatic carbocycles. The molecule has 0 bridgehead atoms. The molecule has 0 radical (unpaired) electrons. The Morgan fingerprint density at radius 1 is 1.18 bits per heavy atom. The van der Waals surface area contributed by atoms with Gasteiger partial charge in [0.05, 0.1) is 19.1 Å². The molecule has 0 aromatic carbocycles. The highest BCUT2D eigenvalue weighted by atomic mass is 16.7. The molecule has 22 heavy (non-hydrogen) atoms. The van der Waals surface area contributed by atoms with Crippen molar-refractivity contribution in [2.45, 2.75) is 73.2 Å². The molecule has 0 rings (SSSR count). The number of carbonyl (C=O) groups excluding carboxylic acids is 1. The molecule has 2 unspecified atom stereocenters. The maximum atomic E-state index is 12.0. The normalized spacial score (nSPS) is 15.5. The Bertz CT molecular complexity index is 316. The first-order valence-corrected chi connectivity index (χ1v) is 7.97. The SMILES string of the molecule is CCC(CO)OC(COC(=O)CC(C)(C)CC(C)(C)C)OC. The van der Waals surface area contributed by atoms with Gasteiger partial charge in [0.2, 0.25) is 0 Å². The Labute approximate surface area is 135 Å². The van der Waals surface area contributed by atoms with Gasteiger partial charge in [-0.05, 0) is 23.7 Å². The average Bonchev–Trinajstić information content (AvgIpc) is 2.35. The Hall–Kier alpha value is -0.650. The number of hydrogen-bond acceptors (Lipinski definition) is 5. The molecule has 0 spiro atoms. The molecule has 0 amide bonds. The van der Waals surface area contributed by atoms with Crippen LogP contribution in [0.5, 0.6) is 0 Å². The third-order valence-corrected chi connectivity index (χ3v) is 3.28. The minimum Gasteiger partial charge on any atom is -0.460 e. The van der Waals surface area contributed by atoms with E-state index in [1.165, 1.54) is 7.11 Å². The van der Waals surface area contributed by atoms with E-state index in [0.29, 0.717) is 12.8 Å². The highest BCUT2D eigenvalue weighted by molar-refractivity contribution is 5.70. The fraction of sp³-hybridized carbons (Fsp3) is 0.941. The first-order chi connectivity index (χ1) is 10.0. The van der Waals surface area contributed by atoms with Gasteiger partial charge in [0.1, 0.15) is 6.61 Å². The Kier molecular flexibility index (Phi) is 9.20. The van der Waals surface area contributed by atoms with E-state index in [1.54, 1.807) is 0 Å². The lowest BCUT2D eigenvalue weighted by Crippen LogP contribution is -2.32. The van der Waals surface area contributed by atoms with E-state index in [0.717, 1.165) is 6.42 Å². The Morgan fingerprint density at radius 3 is 2.18 bits per heavy atom. The summed E-state index contributed by atoms with van der Waals surface area (Å²) in [5, 5.41) is 9.12. The maximum absolute atomic E-state index is 12.0. The zero-order valence-corrected chi connectivity index (χ0v) is 15.3. The molecule has 0 aliphatic heterocycles. The lowest BCUT2D eigenvalue weighted by Gasteiger charge is -2.31. The number of aliphatic hydroxyl groups is 1. The summed E-state index contributed by atoms with van der Waals surface area (Å²) in [5.41, 5.74) is 0.0488. The second-order valence-corrected chi connectivity index (χ2v) is 7.78. The first-order valence-electron chi connectivity index (χ1n) is 7.97. The number of hydrogen-bond donors (Lipinski definition) is 1. The van der Waals surface area contributed by atoms with Gasteiger partial charge in [0, 0.05) is 7.11 Å². The molecule has 0 aromatic heterocycles. The fourth-order valence-electron chi connectivity index (χ4n) is 2.75. The second kappa shape index (κ2) is 9.48. The summed E-state index contributed by atoms with van der Waals surface area (Å²) < 4.78 is 15.9. The summed E-state index contributed by atoms with van der Waals surface area (Å²) >= 11 is 0. The standard InChI is InChI=1S/C17H34O5/c1-8-13(10-18)22-15(20-7)11-21-14(19)9-17(5,6)12-16(2,3)4/h13,15,18H,8-12H2,1-7H3. The summed E-state index contributed by atoms with van der Waals surface area (Å²) in [6.07, 6.45) is 1.01. The molecular formula is C17H34O5. The number of aliphatic hydroxyl groups excluding tert-OH is 1. The van der Waals surface area contributed by atoms with Crippen molar-refractivity contribution in [3.05, 3.63) is 0 Å². The molecule has 0 aromatic rings. The predicted molar refractivity (Wildman–Crippen MR) is 86.5 cm³/mol. The van der Waals surface area contributed by atoms with E-state index in [2.05, 4.69) is 34.6 Å². The number of esters is 1. The van der Waals surface area contributed by atoms with Crippen molar-refractivity contribution in [3.8, 4) is 0 Å². The lowest BCUT2D eigenvalue weighted by atomic mass is 9.74. The van der Waals surface area contributed by atoms with Crippen LogP contribution < -0.4 is 0 Å². The van der Waals surface area contributed by atoms with E-state index in [9.17, 15) is 4.79 Å². The lowest BCUT2D eigenvalue weighted by molar-refractivity contribution is -0.195. The van der Waals surface area contributed by atoms with Crippen LogP contribution >= 0.6 is 0 Å². The molecule has 0 aliphatic rings. The third-order valence-electron chi connectivity index (χ3n) is 3.28. The molecule has 5 heteroatoms. The van der Waals surface area contributed by atoms with Crippen molar-refractivity contribution in [2.24, 2.45) is 10.8 Å². The molecule has 132 valence electrons. The minimum atomic E-state index is -0.647. The number of rotatable bonds is 10. The number of methoxy groups -OCH3 is 1. The van der Waals surface area contributed by atoms with Crippen molar-refractivity contribution in [1.82, 2.24) is 0 Å². The minimum absolute atomic E-state index is 0.0391. The van der Waals surface area contributed by atoms with Gasteiger partial charge in [0.25, 0.3) is 0 Å².